The minimum atomic E-state index is 0. The minimum Gasteiger partial charge on any atom is -0.330 e. The van der Waals surface area contributed by atoms with Crippen LogP contribution in [0.15, 0.2) is 23.6 Å². The maximum atomic E-state index is 12.8. The summed E-state index contributed by atoms with van der Waals surface area (Å²) in [6, 6.07) is 6.48. The van der Waals surface area contributed by atoms with E-state index >= 15 is 0 Å². The van der Waals surface area contributed by atoms with Gasteiger partial charge in [0.05, 0.1) is 5.01 Å². The number of halogens is 1. The summed E-state index contributed by atoms with van der Waals surface area (Å²) in [6.45, 7) is 5.71. The zero-order chi connectivity index (χ0) is 16.4. The second kappa shape index (κ2) is 8.10. The van der Waals surface area contributed by atoms with E-state index in [2.05, 4.69) is 37.0 Å². The number of carbonyl (C=O) groups is 1. The average Bonchev–Trinajstić information content (AvgIpc) is 3.02. The number of hydrogen-bond acceptors (Lipinski definition) is 4. The van der Waals surface area contributed by atoms with Crippen LogP contribution in [0, 0.1) is 0 Å². The molecule has 0 spiro atoms. The molecule has 0 radical (unpaired) electrons. The Morgan fingerprint density at radius 1 is 1.42 bits per heavy atom. The summed E-state index contributed by atoms with van der Waals surface area (Å²) in [6.07, 6.45) is 2.77. The first-order valence-corrected chi connectivity index (χ1v) is 9.07. The maximum absolute atomic E-state index is 12.8. The zero-order valence-electron chi connectivity index (χ0n) is 14.1. The van der Waals surface area contributed by atoms with Gasteiger partial charge >= 0.3 is 0 Å². The number of amides is 1. The molecule has 3 rings (SSSR count). The molecule has 24 heavy (non-hydrogen) atoms. The van der Waals surface area contributed by atoms with Crippen LogP contribution in [0.25, 0.3) is 0 Å². The van der Waals surface area contributed by atoms with Crippen LogP contribution in [0.3, 0.4) is 0 Å². The Labute approximate surface area is 153 Å². The first kappa shape index (κ1) is 18.9. The maximum Gasteiger partial charge on any atom is 0.277 e. The molecule has 0 unspecified atom stereocenters. The smallest absolute Gasteiger partial charge is 0.277 e. The highest BCUT2D eigenvalue weighted by Gasteiger charge is 2.25. The Balaban J connectivity index is 0.00000208. The monoisotopic (exact) mass is 365 g/mol. The molecule has 1 aliphatic rings. The van der Waals surface area contributed by atoms with Gasteiger partial charge in [-0.15, -0.1) is 23.7 Å². The molecule has 0 bridgehead atoms. The highest BCUT2D eigenvalue weighted by molar-refractivity contribution is 7.09. The quantitative estimate of drug-likeness (QED) is 0.896. The van der Waals surface area contributed by atoms with Crippen molar-refractivity contribution in [2.45, 2.75) is 39.0 Å². The minimum absolute atomic E-state index is 0. The summed E-state index contributed by atoms with van der Waals surface area (Å²) in [4.78, 5) is 19.2. The Morgan fingerprint density at radius 2 is 2.21 bits per heavy atom. The molecule has 0 saturated heterocycles. The van der Waals surface area contributed by atoms with Crippen molar-refractivity contribution < 1.29 is 4.79 Å². The molecule has 1 aliphatic heterocycles. The third-order valence-corrected chi connectivity index (χ3v) is 5.17. The molecule has 0 fully saturated rings. The zero-order valence-corrected chi connectivity index (χ0v) is 15.8. The van der Waals surface area contributed by atoms with E-state index in [1.807, 2.05) is 10.3 Å². The molecule has 2 aromatic rings. The van der Waals surface area contributed by atoms with Crippen molar-refractivity contribution in [3.8, 4) is 0 Å². The number of nitrogens with two attached hydrogens (primary N) is 1. The van der Waals surface area contributed by atoms with Gasteiger partial charge in [-0.05, 0) is 42.5 Å². The van der Waals surface area contributed by atoms with Crippen LogP contribution in [0.5, 0.6) is 0 Å². The molecule has 1 aromatic heterocycles. The van der Waals surface area contributed by atoms with Gasteiger partial charge in [0.15, 0.2) is 0 Å². The van der Waals surface area contributed by atoms with E-state index in [-0.39, 0.29) is 18.3 Å². The summed E-state index contributed by atoms with van der Waals surface area (Å²) in [7, 11) is 0. The molecule has 1 amide bonds. The van der Waals surface area contributed by atoms with Crippen LogP contribution in [-0.2, 0) is 12.8 Å². The number of aromatic nitrogens is 1. The van der Waals surface area contributed by atoms with Gasteiger partial charge in [0, 0.05) is 24.0 Å². The van der Waals surface area contributed by atoms with Crippen molar-refractivity contribution in [2.24, 2.45) is 5.73 Å². The van der Waals surface area contributed by atoms with E-state index in [0.29, 0.717) is 18.2 Å². The largest absolute Gasteiger partial charge is 0.330 e. The summed E-state index contributed by atoms with van der Waals surface area (Å²) >= 11 is 1.52. The highest BCUT2D eigenvalue weighted by atomic mass is 35.5. The van der Waals surface area contributed by atoms with E-state index in [9.17, 15) is 4.79 Å². The Hall–Kier alpha value is -1.43. The number of carbonyl (C=O) groups excluding carboxylic acids is 1. The molecule has 2 heterocycles. The van der Waals surface area contributed by atoms with Gasteiger partial charge in [-0.2, -0.15) is 0 Å². The van der Waals surface area contributed by atoms with Crippen LogP contribution in [-0.4, -0.2) is 24.0 Å². The topological polar surface area (TPSA) is 59.2 Å². The predicted molar refractivity (Wildman–Crippen MR) is 103 cm³/mol. The van der Waals surface area contributed by atoms with E-state index < -0.39 is 0 Å². The summed E-state index contributed by atoms with van der Waals surface area (Å²) in [5.41, 5.74) is 9.75. The van der Waals surface area contributed by atoms with Crippen molar-refractivity contribution in [3.63, 3.8) is 0 Å². The number of thiazole rings is 1. The molecule has 0 saturated carbocycles. The van der Waals surface area contributed by atoms with Crippen molar-refractivity contribution >= 4 is 35.3 Å². The van der Waals surface area contributed by atoms with Gasteiger partial charge in [-0.3, -0.25) is 4.79 Å². The lowest BCUT2D eigenvalue weighted by atomic mass is 9.94. The fraction of sp³-hybridized carbons (Fsp3) is 0.444. The predicted octanol–water partition coefficient (Wildman–Crippen LogP) is 3.78. The van der Waals surface area contributed by atoms with Crippen LogP contribution in [0.1, 0.15) is 52.8 Å². The first-order chi connectivity index (χ1) is 11.1. The number of nitrogens with zero attached hydrogens (tertiary/aromatic N) is 2. The standard InChI is InChI=1S/C18H23N3OS.ClH/c1-12(2)13-5-6-16-14(10-13)4-3-9-21(16)18(22)15-11-23-17(20-15)7-8-19;/h5-6,10-12H,3-4,7-9,19H2,1-2H3;1H. The van der Waals surface area contributed by atoms with E-state index in [0.717, 1.165) is 36.5 Å². The lowest BCUT2D eigenvalue weighted by Crippen LogP contribution is -2.35. The van der Waals surface area contributed by atoms with Crippen molar-refractivity contribution in [3.05, 3.63) is 45.4 Å². The summed E-state index contributed by atoms with van der Waals surface area (Å²) in [5, 5.41) is 2.78. The molecule has 0 atom stereocenters. The molecule has 6 heteroatoms. The molecule has 2 N–H and O–H groups in total. The number of aryl methyl sites for hydroxylation is 1. The van der Waals surface area contributed by atoms with Crippen LogP contribution >= 0.6 is 23.7 Å². The number of benzene rings is 1. The van der Waals surface area contributed by atoms with E-state index in [1.165, 1.54) is 22.5 Å². The SMILES string of the molecule is CC(C)c1ccc2c(c1)CCCN2C(=O)c1csc(CCN)n1.Cl. The van der Waals surface area contributed by atoms with Crippen molar-refractivity contribution in [1.82, 2.24) is 4.98 Å². The fourth-order valence-corrected chi connectivity index (χ4v) is 3.76. The molecule has 0 aliphatic carbocycles. The van der Waals surface area contributed by atoms with Crippen molar-refractivity contribution in [2.75, 3.05) is 18.0 Å². The van der Waals surface area contributed by atoms with E-state index in [4.69, 9.17) is 5.73 Å². The lowest BCUT2D eigenvalue weighted by molar-refractivity contribution is 0.0981. The second-order valence-electron chi connectivity index (χ2n) is 6.27. The number of hydrogen-bond donors (Lipinski definition) is 1. The number of anilines is 1. The van der Waals surface area contributed by atoms with Crippen molar-refractivity contribution in [1.29, 1.82) is 0 Å². The average molecular weight is 366 g/mol. The van der Waals surface area contributed by atoms with Gasteiger partial charge in [-0.25, -0.2) is 4.98 Å². The van der Waals surface area contributed by atoms with Crippen LogP contribution in [0.2, 0.25) is 0 Å². The Kier molecular flexibility index (Phi) is 6.38. The second-order valence-corrected chi connectivity index (χ2v) is 7.21. The van der Waals surface area contributed by atoms with Gasteiger partial charge in [0.25, 0.3) is 5.91 Å². The highest BCUT2D eigenvalue weighted by Crippen LogP contribution is 2.31. The molecular weight excluding hydrogens is 342 g/mol. The van der Waals surface area contributed by atoms with Gasteiger partial charge in [0.1, 0.15) is 5.69 Å². The molecule has 1 aromatic carbocycles. The Morgan fingerprint density at radius 3 is 2.92 bits per heavy atom. The van der Waals surface area contributed by atoms with Gasteiger partial charge in [0.2, 0.25) is 0 Å². The number of fused-ring (bicyclic) bond motifs is 1. The lowest BCUT2D eigenvalue weighted by Gasteiger charge is -2.29. The fourth-order valence-electron chi connectivity index (χ4n) is 2.97. The van der Waals surface area contributed by atoms with Gasteiger partial charge in [-0.1, -0.05) is 26.0 Å². The van der Waals surface area contributed by atoms with E-state index in [1.54, 1.807) is 0 Å². The first-order valence-electron chi connectivity index (χ1n) is 8.19. The molecule has 130 valence electrons. The Bertz CT molecular complexity index is 714. The third-order valence-electron chi connectivity index (χ3n) is 4.26. The normalized spacial score (nSPS) is 13.6. The molecule has 4 nitrogen and oxygen atoms in total. The molecular formula is C18H24ClN3OS. The number of rotatable bonds is 4. The summed E-state index contributed by atoms with van der Waals surface area (Å²) in [5.74, 6) is 0.506. The van der Waals surface area contributed by atoms with Crippen LogP contribution in [0.4, 0.5) is 5.69 Å². The third kappa shape index (κ3) is 3.79. The van der Waals surface area contributed by atoms with Crippen LogP contribution < -0.4 is 10.6 Å². The van der Waals surface area contributed by atoms with Gasteiger partial charge < -0.3 is 10.6 Å². The summed E-state index contributed by atoms with van der Waals surface area (Å²) < 4.78 is 0.